The van der Waals surface area contributed by atoms with Crippen molar-refractivity contribution in [1.82, 2.24) is 9.55 Å². The summed E-state index contributed by atoms with van der Waals surface area (Å²) in [6, 6.07) is 0. The predicted molar refractivity (Wildman–Crippen MR) is 88.9 cm³/mol. The van der Waals surface area contributed by atoms with Gasteiger partial charge < -0.3 is 9.47 Å². The molecule has 1 saturated heterocycles. The Hall–Kier alpha value is -1.13. The van der Waals surface area contributed by atoms with Crippen LogP contribution < -0.4 is 11.2 Å². The van der Waals surface area contributed by atoms with Crippen molar-refractivity contribution in [3.8, 4) is 0 Å². The zero-order valence-electron chi connectivity index (χ0n) is 14.4. The Labute approximate surface area is 145 Å². The van der Waals surface area contributed by atoms with Crippen molar-refractivity contribution in [2.45, 2.75) is 45.1 Å². The summed E-state index contributed by atoms with van der Waals surface area (Å²) in [7, 11) is -2.84. The van der Waals surface area contributed by atoms with E-state index in [1.54, 1.807) is 6.92 Å². The highest BCUT2D eigenvalue weighted by molar-refractivity contribution is 7.54. The molecule has 0 bridgehead atoms. The maximum Gasteiger partial charge on any atom is 0.569 e. The fourth-order valence-corrected chi connectivity index (χ4v) is 2.91. The van der Waals surface area contributed by atoms with Gasteiger partial charge in [-0.1, -0.05) is 6.92 Å². The van der Waals surface area contributed by atoms with Crippen LogP contribution in [-0.2, 0) is 18.5 Å². The van der Waals surface area contributed by atoms with Crippen LogP contribution in [0.1, 0.15) is 31.6 Å². The Morgan fingerprint density at radius 3 is 2.80 bits per heavy atom. The van der Waals surface area contributed by atoms with Crippen LogP contribution in [0.5, 0.6) is 0 Å². The Bertz CT molecular complexity index is 688. The molecule has 10 nitrogen and oxygen atoms in total. The largest absolute Gasteiger partial charge is 0.569 e. The van der Waals surface area contributed by atoms with Crippen molar-refractivity contribution in [2.24, 2.45) is 0 Å². The van der Waals surface area contributed by atoms with Crippen LogP contribution in [0.15, 0.2) is 15.8 Å². The number of H-pyrrole nitrogens is 1. The highest BCUT2D eigenvalue weighted by Gasteiger charge is 2.41. The minimum absolute atomic E-state index is 0.153. The zero-order valence-corrected chi connectivity index (χ0v) is 15.3. The van der Waals surface area contributed by atoms with Gasteiger partial charge in [0.2, 0.25) is 0 Å². The van der Waals surface area contributed by atoms with E-state index in [0.29, 0.717) is 25.0 Å². The minimum Gasteiger partial charge on any atom is -0.371 e. The van der Waals surface area contributed by atoms with Gasteiger partial charge in [-0.15, -0.1) is 0 Å². The van der Waals surface area contributed by atoms with Crippen molar-refractivity contribution < 1.29 is 28.3 Å². The normalized spacial score (nSPS) is 24.9. The Balaban J connectivity index is 2.33. The van der Waals surface area contributed by atoms with E-state index < -0.39 is 31.8 Å². The third kappa shape index (κ3) is 5.18. The molecule has 1 aliphatic rings. The third-order valence-corrected chi connectivity index (χ3v) is 4.90. The minimum atomic E-state index is -3.95. The summed E-state index contributed by atoms with van der Waals surface area (Å²) in [5.74, 6) is 0. The van der Waals surface area contributed by atoms with Crippen molar-refractivity contribution in [3.63, 3.8) is 0 Å². The lowest BCUT2D eigenvalue weighted by atomic mass is 10.2. The lowest BCUT2D eigenvalue weighted by Crippen LogP contribution is -2.41. The van der Waals surface area contributed by atoms with Gasteiger partial charge >= 0.3 is 13.9 Å². The van der Waals surface area contributed by atoms with E-state index in [1.165, 1.54) is 10.8 Å². The van der Waals surface area contributed by atoms with Gasteiger partial charge in [-0.05, 0) is 19.8 Å². The summed E-state index contributed by atoms with van der Waals surface area (Å²) in [6.07, 6.45) is 0.861. The molecule has 2 rings (SSSR count). The Morgan fingerprint density at radius 1 is 1.44 bits per heavy atom. The van der Waals surface area contributed by atoms with Gasteiger partial charge in [0.25, 0.3) is 5.56 Å². The highest BCUT2D eigenvalue weighted by Crippen LogP contribution is 2.51. The van der Waals surface area contributed by atoms with Crippen molar-refractivity contribution in [3.05, 3.63) is 32.6 Å². The van der Waals surface area contributed by atoms with E-state index in [4.69, 9.17) is 14.0 Å². The van der Waals surface area contributed by atoms with E-state index in [2.05, 4.69) is 9.51 Å². The van der Waals surface area contributed by atoms with Crippen LogP contribution in [0.25, 0.3) is 0 Å². The lowest BCUT2D eigenvalue weighted by molar-refractivity contribution is -0.120. The number of aromatic amines is 1. The highest BCUT2D eigenvalue weighted by atomic mass is 31.2. The summed E-state index contributed by atoms with van der Waals surface area (Å²) in [4.78, 5) is 45.1. The molecular formula is C14H24N2O8P+. The standard InChI is InChI=1S/C14H23N2O8P/c1-4-10-5-6-22-11(8-23-25(19,20)21-3)13(24-10)16-7-9(2)12(17)15-14(16)18/h7,10-11,13,19-20H,4-6,8H2,1-3H3/p+1/t10?,11?,13-/m1/s1. The molecule has 0 radical (unpaired) electrons. The molecule has 1 aromatic rings. The third-order valence-electron chi connectivity index (χ3n) is 3.94. The molecule has 3 N–H and O–H groups in total. The van der Waals surface area contributed by atoms with Gasteiger partial charge in [-0.2, -0.15) is 18.8 Å². The number of hydrogen-bond donors (Lipinski definition) is 3. The van der Waals surface area contributed by atoms with Crippen molar-refractivity contribution in [1.29, 1.82) is 0 Å². The molecule has 25 heavy (non-hydrogen) atoms. The summed E-state index contributed by atoms with van der Waals surface area (Å²) in [5.41, 5.74) is -0.791. The van der Waals surface area contributed by atoms with E-state index >= 15 is 0 Å². The second-order valence-corrected chi connectivity index (χ2v) is 7.31. The average molecular weight is 379 g/mol. The van der Waals surface area contributed by atoms with Crippen LogP contribution in [0.3, 0.4) is 0 Å². The maximum atomic E-state index is 12.2. The van der Waals surface area contributed by atoms with Crippen molar-refractivity contribution >= 4 is 8.17 Å². The summed E-state index contributed by atoms with van der Waals surface area (Å²) in [5, 5.41) is 0. The van der Waals surface area contributed by atoms with Gasteiger partial charge in [-0.25, -0.2) is 4.79 Å². The molecule has 0 saturated carbocycles. The number of ether oxygens (including phenoxy) is 2. The molecule has 1 aliphatic heterocycles. The fraction of sp³-hybridized carbons (Fsp3) is 0.714. The predicted octanol–water partition coefficient (Wildman–Crippen LogP) is 0.253. The number of nitrogens with one attached hydrogen (secondary N) is 1. The fourth-order valence-electron chi connectivity index (χ4n) is 2.46. The van der Waals surface area contributed by atoms with Gasteiger partial charge in [0.1, 0.15) is 12.7 Å². The first-order chi connectivity index (χ1) is 11.8. The molecule has 0 spiro atoms. The molecule has 1 aromatic heterocycles. The molecule has 1 fully saturated rings. The Morgan fingerprint density at radius 2 is 2.16 bits per heavy atom. The maximum absolute atomic E-state index is 12.2. The smallest absolute Gasteiger partial charge is 0.371 e. The van der Waals surface area contributed by atoms with Crippen LogP contribution in [0, 0.1) is 6.92 Å². The van der Waals surface area contributed by atoms with Crippen LogP contribution in [0.4, 0.5) is 0 Å². The summed E-state index contributed by atoms with van der Waals surface area (Å²) >= 11 is 0. The number of aryl methyl sites for hydroxylation is 1. The van der Waals surface area contributed by atoms with Crippen LogP contribution in [0.2, 0.25) is 0 Å². The second-order valence-electron chi connectivity index (χ2n) is 5.70. The SMILES string of the molecule is CCC1CCOC(CO[P+](O)(O)OC)[C@H](n2cc(C)c(=O)[nH]c2=O)O1. The van der Waals surface area contributed by atoms with Gasteiger partial charge in [0.05, 0.1) is 13.2 Å². The van der Waals surface area contributed by atoms with Gasteiger partial charge in [0.15, 0.2) is 6.23 Å². The zero-order chi connectivity index (χ0) is 18.6. The molecule has 3 atom stereocenters. The van der Waals surface area contributed by atoms with Crippen LogP contribution >= 0.6 is 8.17 Å². The van der Waals surface area contributed by atoms with Gasteiger partial charge in [-0.3, -0.25) is 14.3 Å². The van der Waals surface area contributed by atoms with Crippen molar-refractivity contribution in [2.75, 3.05) is 20.3 Å². The van der Waals surface area contributed by atoms with Gasteiger partial charge in [0, 0.05) is 18.4 Å². The van der Waals surface area contributed by atoms with E-state index in [9.17, 15) is 19.4 Å². The lowest BCUT2D eigenvalue weighted by Gasteiger charge is -2.27. The topological polar surface area (TPSA) is 132 Å². The number of hydrogen-bond acceptors (Lipinski definition) is 8. The first kappa shape index (κ1) is 20.2. The first-order valence-electron chi connectivity index (χ1n) is 7.91. The second kappa shape index (κ2) is 8.50. The molecule has 11 heteroatoms. The Kier molecular flexibility index (Phi) is 6.86. The number of nitrogens with zero attached hydrogens (tertiary/aromatic N) is 1. The van der Waals surface area contributed by atoms with E-state index in [1.807, 2.05) is 6.92 Å². The van der Waals surface area contributed by atoms with E-state index in [-0.39, 0.29) is 12.7 Å². The molecule has 0 amide bonds. The summed E-state index contributed by atoms with van der Waals surface area (Å²) in [6.45, 7) is 3.61. The molecular weight excluding hydrogens is 355 g/mol. The molecule has 2 heterocycles. The van der Waals surface area contributed by atoms with E-state index in [0.717, 1.165) is 7.11 Å². The average Bonchev–Trinajstić information content (AvgIpc) is 2.78. The monoisotopic (exact) mass is 379 g/mol. The quantitative estimate of drug-likeness (QED) is 0.600. The molecule has 0 aliphatic carbocycles. The number of rotatable bonds is 6. The molecule has 142 valence electrons. The van der Waals surface area contributed by atoms with Crippen LogP contribution in [-0.4, -0.2) is 51.9 Å². The molecule has 2 unspecified atom stereocenters. The first-order valence-corrected chi connectivity index (χ1v) is 9.44. The molecule has 0 aromatic carbocycles. The summed E-state index contributed by atoms with van der Waals surface area (Å²) < 4.78 is 22.4. The number of aromatic nitrogens is 2.